The first-order chi connectivity index (χ1) is 14.5. The highest BCUT2D eigenvalue weighted by molar-refractivity contribution is 6.05. The maximum Gasteiger partial charge on any atom is 0.408 e. The highest BCUT2D eigenvalue weighted by Gasteiger charge is 2.39. The topological polar surface area (TPSA) is 134 Å². The molecule has 0 bridgehead atoms. The van der Waals surface area contributed by atoms with Crippen LogP contribution in [0.1, 0.15) is 55.1 Å². The second-order valence-corrected chi connectivity index (χ2v) is 8.52. The minimum atomic E-state index is -0.674. The van der Waals surface area contributed by atoms with Crippen LogP contribution in [0.25, 0.3) is 0 Å². The fourth-order valence-electron chi connectivity index (χ4n) is 3.47. The lowest BCUT2D eigenvalue weighted by atomic mass is 10.0. The van der Waals surface area contributed by atoms with Gasteiger partial charge in [0.25, 0.3) is 5.91 Å². The van der Waals surface area contributed by atoms with Crippen LogP contribution in [-0.2, 0) is 32.2 Å². The number of imide groups is 1. The van der Waals surface area contributed by atoms with Crippen molar-refractivity contribution >= 4 is 29.7 Å². The molecule has 2 aliphatic heterocycles. The lowest BCUT2D eigenvalue weighted by Gasteiger charge is -2.29. The zero-order valence-corrected chi connectivity index (χ0v) is 17.7. The van der Waals surface area contributed by atoms with E-state index in [1.54, 1.807) is 39.0 Å². The largest absolute Gasteiger partial charge is 0.444 e. The van der Waals surface area contributed by atoms with E-state index in [0.717, 1.165) is 11.1 Å². The lowest BCUT2D eigenvalue weighted by molar-refractivity contribution is -0.137. The van der Waals surface area contributed by atoms with Gasteiger partial charge in [-0.15, -0.1) is 0 Å². The summed E-state index contributed by atoms with van der Waals surface area (Å²) in [5, 5.41) is 7.35. The molecule has 3 rings (SSSR count). The molecule has 1 aromatic rings. The van der Waals surface area contributed by atoms with E-state index in [1.165, 1.54) is 4.90 Å². The van der Waals surface area contributed by atoms with Gasteiger partial charge in [0.1, 0.15) is 18.2 Å². The van der Waals surface area contributed by atoms with Gasteiger partial charge in [0.05, 0.1) is 0 Å². The average Bonchev–Trinajstić information content (AvgIpc) is 2.99. The van der Waals surface area contributed by atoms with Gasteiger partial charge in [0.15, 0.2) is 0 Å². The van der Waals surface area contributed by atoms with Crippen LogP contribution in [0.4, 0.5) is 4.79 Å². The van der Waals surface area contributed by atoms with Crippen molar-refractivity contribution in [2.45, 2.75) is 58.3 Å². The predicted octanol–water partition coefficient (Wildman–Crippen LogP) is 0.589. The predicted molar refractivity (Wildman–Crippen MR) is 109 cm³/mol. The van der Waals surface area contributed by atoms with Crippen molar-refractivity contribution in [1.29, 1.82) is 0 Å². The third-order valence-corrected chi connectivity index (χ3v) is 4.87. The number of benzene rings is 1. The Kier molecular flexibility index (Phi) is 6.28. The lowest BCUT2D eigenvalue weighted by Crippen LogP contribution is -2.52. The Morgan fingerprint density at radius 3 is 2.61 bits per heavy atom. The minimum Gasteiger partial charge on any atom is -0.444 e. The first kappa shape index (κ1) is 22.3. The van der Waals surface area contributed by atoms with Gasteiger partial charge in [0.2, 0.25) is 17.7 Å². The number of rotatable bonds is 5. The van der Waals surface area contributed by atoms with Crippen LogP contribution in [0.3, 0.4) is 0 Å². The number of carbonyl (C=O) groups is 5. The van der Waals surface area contributed by atoms with Gasteiger partial charge in [-0.1, -0.05) is 12.1 Å². The van der Waals surface area contributed by atoms with Crippen molar-refractivity contribution in [2.24, 2.45) is 0 Å². The molecule has 2 heterocycles. The summed E-state index contributed by atoms with van der Waals surface area (Å²) in [5.74, 6) is -1.42. The molecule has 10 nitrogen and oxygen atoms in total. The number of hydrogen-bond acceptors (Lipinski definition) is 6. The molecular formula is C21H26N4O6. The van der Waals surface area contributed by atoms with Crippen molar-refractivity contribution in [3.05, 3.63) is 34.9 Å². The Morgan fingerprint density at radius 2 is 1.94 bits per heavy atom. The van der Waals surface area contributed by atoms with E-state index in [0.29, 0.717) is 12.0 Å². The highest BCUT2D eigenvalue weighted by Crippen LogP contribution is 2.28. The van der Waals surface area contributed by atoms with E-state index in [-0.39, 0.29) is 43.8 Å². The first-order valence-corrected chi connectivity index (χ1v) is 10.0. The first-order valence-electron chi connectivity index (χ1n) is 10.0. The van der Waals surface area contributed by atoms with Gasteiger partial charge in [-0.3, -0.25) is 24.5 Å². The number of nitrogens with zero attached hydrogens (tertiary/aromatic N) is 1. The summed E-state index contributed by atoms with van der Waals surface area (Å²) in [7, 11) is 0. The van der Waals surface area contributed by atoms with Crippen molar-refractivity contribution in [2.75, 3.05) is 6.54 Å². The molecule has 1 fully saturated rings. The molecule has 1 aromatic carbocycles. The number of nitrogens with one attached hydrogen (secondary N) is 3. The second-order valence-electron chi connectivity index (χ2n) is 8.52. The average molecular weight is 430 g/mol. The van der Waals surface area contributed by atoms with Crippen LogP contribution in [0.5, 0.6) is 0 Å². The quantitative estimate of drug-likeness (QED) is 0.586. The summed E-state index contributed by atoms with van der Waals surface area (Å²) >= 11 is 0. The van der Waals surface area contributed by atoms with Crippen molar-refractivity contribution < 1.29 is 28.7 Å². The number of amides is 5. The molecule has 1 saturated heterocycles. The summed E-state index contributed by atoms with van der Waals surface area (Å²) in [5.41, 5.74) is 1.39. The standard InChI is InChI=1S/C21H26N4O6/c1-21(2,3)31-20(30)23-10-17(27)22-9-12-4-5-14-13(8-12)11-25(19(14)29)15-6-7-16(26)24-18(15)28/h4-5,8,15H,6-7,9-11H2,1-3H3,(H,22,27)(H,23,30)(H,24,26,28). The molecule has 10 heteroatoms. The molecule has 0 aromatic heterocycles. The van der Waals surface area contributed by atoms with Crippen molar-refractivity contribution in [3.63, 3.8) is 0 Å². The van der Waals surface area contributed by atoms with E-state index >= 15 is 0 Å². The summed E-state index contributed by atoms with van der Waals surface area (Å²) in [6.45, 7) is 5.45. The molecule has 0 saturated carbocycles. The van der Waals surface area contributed by atoms with E-state index in [9.17, 15) is 24.0 Å². The van der Waals surface area contributed by atoms with Crippen LogP contribution < -0.4 is 16.0 Å². The number of ether oxygens (including phenoxy) is 1. The molecule has 1 atom stereocenters. The highest BCUT2D eigenvalue weighted by atomic mass is 16.6. The molecule has 31 heavy (non-hydrogen) atoms. The Balaban J connectivity index is 1.53. The maximum absolute atomic E-state index is 12.7. The van der Waals surface area contributed by atoms with E-state index in [2.05, 4.69) is 16.0 Å². The van der Waals surface area contributed by atoms with Gasteiger partial charge >= 0.3 is 6.09 Å². The number of carbonyl (C=O) groups excluding carboxylic acids is 5. The van der Waals surface area contributed by atoms with Gasteiger partial charge in [-0.05, 0) is 44.4 Å². The zero-order valence-electron chi connectivity index (χ0n) is 17.7. The Bertz CT molecular complexity index is 936. The maximum atomic E-state index is 12.7. The molecule has 0 spiro atoms. The Morgan fingerprint density at radius 1 is 1.19 bits per heavy atom. The van der Waals surface area contributed by atoms with E-state index in [4.69, 9.17) is 4.74 Å². The number of alkyl carbamates (subject to hydrolysis) is 1. The summed E-state index contributed by atoms with van der Waals surface area (Å²) in [6, 6.07) is 4.54. The van der Waals surface area contributed by atoms with Crippen LogP contribution in [0.15, 0.2) is 18.2 Å². The Hall–Kier alpha value is -3.43. The molecule has 1 unspecified atom stereocenters. The summed E-state index contributed by atoms with van der Waals surface area (Å²) < 4.78 is 5.07. The smallest absolute Gasteiger partial charge is 0.408 e. The molecule has 0 radical (unpaired) electrons. The fraction of sp³-hybridized carbons (Fsp3) is 0.476. The van der Waals surface area contributed by atoms with E-state index < -0.39 is 23.6 Å². The van der Waals surface area contributed by atoms with Crippen LogP contribution in [0, 0.1) is 0 Å². The number of hydrogen-bond donors (Lipinski definition) is 3. The van der Waals surface area contributed by atoms with E-state index in [1.807, 2.05) is 0 Å². The van der Waals surface area contributed by atoms with Crippen molar-refractivity contribution in [3.8, 4) is 0 Å². The van der Waals surface area contributed by atoms with Crippen LogP contribution in [0.2, 0.25) is 0 Å². The monoisotopic (exact) mass is 430 g/mol. The normalized spacial score (nSPS) is 18.4. The second kappa shape index (κ2) is 8.75. The molecule has 5 amide bonds. The molecule has 166 valence electrons. The number of piperidine rings is 1. The van der Waals surface area contributed by atoms with Crippen molar-refractivity contribution in [1.82, 2.24) is 20.9 Å². The zero-order chi connectivity index (χ0) is 22.8. The van der Waals surface area contributed by atoms with Crippen LogP contribution >= 0.6 is 0 Å². The van der Waals surface area contributed by atoms with Crippen LogP contribution in [-0.4, -0.2) is 52.8 Å². The third-order valence-electron chi connectivity index (χ3n) is 4.87. The van der Waals surface area contributed by atoms with Gasteiger partial charge in [-0.25, -0.2) is 4.79 Å². The summed E-state index contributed by atoms with van der Waals surface area (Å²) in [6.07, 6.45) is -0.171. The molecule has 3 N–H and O–H groups in total. The minimum absolute atomic E-state index is 0.200. The Labute approximate surface area is 179 Å². The summed E-state index contributed by atoms with van der Waals surface area (Å²) in [4.78, 5) is 61.2. The van der Waals surface area contributed by atoms with Gasteiger partial charge < -0.3 is 20.3 Å². The fourth-order valence-corrected chi connectivity index (χ4v) is 3.47. The SMILES string of the molecule is CC(C)(C)OC(=O)NCC(=O)NCc1ccc2c(c1)CN(C1CCC(=O)NC1=O)C2=O. The third kappa shape index (κ3) is 5.59. The molecule has 0 aliphatic carbocycles. The van der Waals surface area contributed by atoms with Gasteiger partial charge in [-0.2, -0.15) is 0 Å². The van der Waals surface area contributed by atoms with Gasteiger partial charge in [0, 0.05) is 25.1 Å². The molecular weight excluding hydrogens is 404 g/mol. The molecule has 2 aliphatic rings. The number of fused-ring (bicyclic) bond motifs is 1.